The third-order valence-corrected chi connectivity index (χ3v) is 4.97. The zero-order chi connectivity index (χ0) is 19.9. The number of hydrogen-bond acceptors (Lipinski definition) is 4. The van der Waals surface area contributed by atoms with Crippen LogP contribution in [-0.2, 0) is 6.54 Å². The molecule has 28 heavy (non-hydrogen) atoms. The molecule has 7 heteroatoms. The van der Waals surface area contributed by atoms with Crippen molar-refractivity contribution in [2.75, 3.05) is 31.6 Å². The fraction of sp³-hybridized carbons (Fsp3) is 0.429. The maximum Gasteiger partial charge on any atom is 0.191 e. The van der Waals surface area contributed by atoms with Crippen LogP contribution in [0.15, 0.2) is 41.5 Å². The molecule has 0 radical (unpaired) electrons. The highest BCUT2D eigenvalue weighted by Crippen LogP contribution is 2.25. The van der Waals surface area contributed by atoms with Crippen molar-refractivity contribution < 1.29 is 4.74 Å². The molecule has 0 aliphatic carbocycles. The number of anilines is 1. The van der Waals surface area contributed by atoms with E-state index < -0.39 is 0 Å². The standard InChI is InChI=1S/C21H28ClN5O/c1-4-23-21(25-13-16-10-15(2)11-18(12-16)28-3)26-17-7-9-27(14-17)20-19(22)6-5-8-24-20/h5-6,8,10-12,17H,4,7,9,13-14H2,1-3H3,(H2,23,25,26). The summed E-state index contributed by atoms with van der Waals surface area (Å²) in [7, 11) is 1.69. The molecular formula is C21H28ClN5O. The first-order chi connectivity index (χ1) is 13.6. The molecule has 1 aromatic heterocycles. The van der Waals surface area contributed by atoms with E-state index in [4.69, 9.17) is 21.3 Å². The molecule has 1 aromatic carbocycles. The summed E-state index contributed by atoms with van der Waals surface area (Å²) >= 11 is 6.29. The van der Waals surface area contributed by atoms with Gasteiger partial charge in [-0.2, -0.15) is 0 Å². The minimum atomic E-state index is 0.294. The Bertz CT molecular complexity index is 826. The first-order valence-electron chi connectivity index (χ1n) is 9.64. The average Bonchev–Trinajstić information content (AvgIpc) is 3.14. The van der Waals surface area contributed by atoms with Gasteiger partial charge in [0.05, 0.1) is 18.7 Å². The first-order valence-corrected chi connectivity index (χ1v) is 10.0. The van der Waals surface area contributed by atoms with Crippen LogP contribution >= 0.6 is 11.6 Å². The van der Waals surface area contributed by atoms with E-state index in [2.05, 4.69) is 40.4 Å². The molecule has 1 aliphatic rings. The molecule has 0 spiro atoms. The van der Waals surface area contributed by atoms with Gasteiger partial charge < -0.3 is 20.3 Å². The van der Waals surface area contributed by atoms with E-state index in [-0.39, 0.29) is 0 Å². The van der Waals surface area contributed by atoms with Crippen molar-refractivity contribution in [3.8, 4) is 5.75 Å². The molecule has 2 aromatic rings. The molecule has 1 unspecified atom stereocenters. The number of methoxy groups -OCH3 is 1. The van der Waals surface area contributed by atoms with E-state index in [1.165, 1.54) is 5.56 Å². The van der Waals surface area contributed by atoms with Crippen molar-refractivity contribution in [3.05, 3.63) is 52.7 Å². The molecule has 3 rings (SSSR count). The average molecular weight is 402 g/mol. The van der Waals surface area contributed by atoms with Gasteiger partial charge in [0.15, 0.2) is 5.96 Å². The Morgan fingerprint density at radius 1 is 1.39 bits per heavy atom. The van der Waals surface area contributed by atoms with Crippen molar-refractivity contribution in [1.82, 2.24) is 15.6 Å². The predicted octanol–water partition coefficient (Wildman–Crippen LogP) is 3.39. The molecule has 0 bridgehead atoms. The third-order valence-electron chi connectivity index (χ3n) is 4.68. The molecule has 2 N–H and O–H groups in total. The van der Waals surface area contributed by atoms with Crippen molar-refractivity contribution in [2.45, 2.75) is 32.9 Å². The van der Waals surface area contributed by atoms with Crippen LogP contribution in [0, 0.1) is 6.92 Å². The van der Waals surface area contributed by atoms with Crippen molar-refractivity contribution in [1.29, 1.82) is 0 Å². The van der Waals surface area contributed by atoms with Gasteiger partial charge in [-0.3, -0.25) is 0 Å². The Balaban J connectivity index is 1.64. The van der Waals surface area contributed by atoms with E-state index in [1.807, 2.05) is 24.3 Å². The van der Waals surface area contributed by atoms with Gasteiger partial charge in [0, 0.05) is 31.9 Å². The van der Waals surface area contributed by atoms with Crippen LogP contribution in [0.1, 0.15) is 24.5 Å². The summed E-state index contributed by atoms with van der Waals surface area (Å²) in [5.74, 6) is 2.53. The Labute approximate surface area is 172 Å². The van der Waals surface area contributed by atoms with Gasteiger partial charge in [-0.25, -0.2) is 9.98 Å². The quantitative estimate of drug-likeness (QED) is 0.574. The molecule has 1 atom stereocenters. The first kappa shape index (κ1) is 20.3. The summed E-state index contributed by atoms with van der Waals surface area (Å²) in [5, 5.41) is 7.57. The zero-order valence-electron chi connectivity index (χ0n) is 16.7. The fourth-order valence-corrected chi connectivity index (χ4v) is 3.64. The third kappa shape index (κ3) is 5.29. The van der Waals surface area contributed by atoms with Gasteiger partial charge in [-0.05, 0) is 55.7 Å². The molecule has 0 amide bonds. The maximum atomic E-state index is 6.29. The summed E-state index contributed by atoms with van der Waals surface area (Å²) in [6.45, 7) is 7.31. The molecular weight excluding hydrogens is 374 g/mol. The van der Waals surface area contributed by atoms with Gasteiger partial charge in [-0.15, -0.1) is 0 Å². The SMILES string of the molecule is CCNC(=NCc1cc(C)cc(OC)c1)NC1CCN(c2ncccc2Cl)C1. The molecule has 0 saturated carbocycles. The predicted molar refractivity (Wildman–Crippen MR) is 116 cm³/mol. The summed E-state index contributed by atoms with van der Waals surface area (Å²) in [4.78, 5) is 11.4. The van der Waals surface area contributed by atoms with Crippen LogP contribution < -0.4 is 20.3 Å². The van der Waals surface area contributed by atoms with Gasteiger partial charge in [0.2, 0.25) is 0 Å². The number of halogens is 1. The normalized spacial score (nSPS) is 16.9. The highest BCUT2D eigenvalue weighted by atomic mass is 35.5. The lowest BCUT2D eigenvalue weighted by atomic mass is 10.1. The van der Waals surface area contributed by atoms with Crippen LogP contribution in [0.3, 0.4) is 0 Å². The van der Waals surface area contributed by atoms with Crippen molar-refractivity contribution in [2.24, 2.45) is 4.99 Å². The summed E-state index contributed by atoms with van der Waals surface area (Å²) in [6, 6.07) is 10.2. The lowest BCUT2D eigenvalue weighted by molar-refractivity contribution is 0.414. The number of aliphatic imine (C=N–C) groups is 1. The molecule has 1 aliphatic heterocycles. The second-order valence-electron chi connectivity index (χ2n) is 6.94. The lowest BCUT2D eigenvalue weighted by Crippen LogP contribution is -2.44. The number of rotatable bonds is 6. The fourth-order valence-electron chi connectivity index (χ4n) is 3.40. The number of hydrogen-bond donors (Lipinski definition) is 2. The minimum Gasteiger partial charge on any atom is -0.497 e. The number of aromatic nitrogens is 1. The highest BCUT2D eigenvalue weighted by molar-refractivity contribution is 6.32. The number of aryl methyl sites for hydroxylation is 1. The van der Waals surface area contributed by atoms with Crippen molar-refractivity contribution >= 4 is 23.4 Å². The zero-order valence-corrected chi connectivity index (χ0v) is 17.5. The maximum absolute atomic E-state index is 6.29. The second kappa shape index (κ2) is 9.64. The molecule has 1 fully saturated rings. The van der Waals surface area contributed by atoms with Crippen LogP contribution in [0.25, 0.3) is 0 Å². The number of nitrogens with zero attached hydrogens (tertiary/aromatic N) is 3. The second-order valence-corrected chi connectivity index (χ2v) is 7.35. The number of nitrogens with one attached hydrogen (secondary N) is 2. The minimum absolute atomic E-state index is 0.294. The van der Waals surface area contributed by atoms with Gasteiger partial charge in [-0.1, -0.05) is 17.7 Å². The Morgan fingerprint density at radius 2 is 2.25 bits per heavy atom. The number of guanidine groups is 1. The number of pyridine rings is 1. The van der Waals surface area contributed by atoms with Gasteiger partial charge in [0.25, 0.3) is 0 Å². The van der Waals surface area contributed by atoms with E-state index >= 15 is 0 Å². The van der Waals surface area contributed by atoms with Crippen molar-refractivity contribution in [3.63, 3.8) is 0 Å². The molecule has 150 valence electrons. The Morgan fingerprint density at radius 3 is 3.00 bits per heavy atom. The van der Waals surface area contributed by atoms with Crippen LogP contribution in [0.2, 0.25) is 5.02 Å². The Hall–Kier alpha value is -2.47. The summed E-state index contributed by atoms with van der Waals surface area (Å²) < 4.78 is 5.36. The van der Waals surface area contributed by atoms with E-state index in [1.54, 1.807) is 13.3 Å². The van der Waals surface area contributed by atoms with Crippen LogP contribution in [0.5, 0.6) is 5.75 Å². The molecule has 2 heterocycles. The largest absolute Gasteiger partial charge is 0.497 e. The van der Waals surface area contributed by atoms with Crippen LogP contribution in [0.4, 0.5) is 5.82 Å². The van der Waals surface area contributed by atoms with E-state index in [0.717, 1.165) is 49.1 Å². The Kier molecular flexibility index (Phi) is 6.98. The lowest BCUT2D eigenvalue weighted by Gasteiger charge is -2.20. The van der Waals surface area contributed by atoms with E-state index in [0.29, 0.717) is 17.6 Å². The topological polar surface area (TPSA) is 61.8 Å². The smallest absolute Gasteiger partial charge is 0.191 e. The van der Waals surface area contributed by atoms with Gasteiger partial charge in [0.1, 0.15) is 11.6 Å². The van der Waals surface area contributed by atoms with E-state index in [9.17, 15) is 0 Å². The summed E-state index contributed by atoms with van der Waals surface area (Å²) in [6.07, 6.45) is 2.79. The summed E-state index contributed by atoms with van der Waals surface area (Å²) in [5.41, 5.74) is 2.29. The van der Waals surface area contributed by atoms with Crippen LogP contribution in [-0.4, -0.2) is 43.7 Å². The highest BCUT2D eigenvalue weighted by Gasteiger charge is 2.25. The number of benzene rings is 1. The molecule has 1 saturated heterocycles. The monoisotopic (exact) mass is 401 g/mol. The molecule has 6 nitrogen and oxygen atoms in total. The van der Waals surface area contributed by atoms with Gasteiger partial charge >= 0.3 is 0 Å². The number of ether oxygens (including phenoxy) is 1.